The second-order valence-electron chi connectivity index (χ2n) is 7.12. The Bertz CT molecular complexity index is 1310. The lowest BCUT2D eigenvalue weighted by Gasteiger charge is -2.22. The number of nitrogens with one attached hydrogen (secondary N) is 1. The molecule has 1 heterocycles. The van der Waals surface area contributed by atoms with E-state index in [4.69, 9.17) is 0 Å². The highest BCUT2D eigenvalue weighted by Gasteiger charge is 2.34. The van der Waals surface area contributed by atoms with Crippen molar-refractivity contribution in [1.82, 2.24) is 4.57 Å². The average Bonchev–Trinajstić information content (AvgIpc) is 3.09. The number of allylic oxidation sites excluding steroid dienone is 2. The summed E-state index contributed by atoms with van der Waals surface area (Å²) in [6.45, 7) is 0. The summed E-state index contributed by atoms with van der Waals surface area (Å²) in [7, 11) is 1.94. The lowest BCUT2D eigenvalue weighted by Crippen LogP contribution is -2.25. The van der Waals surface area contributed by atoms with Gasteiger partial charge in [0.2, 0.25) is 5.78 Å². The number of para-hydroxylation sites is 2. The third-order valence-corrected chi connectivity index (χ3v) is 5.33. The molecule has 140 valence electrons. The van der Waals surface area contributed by atoms with Crippen LogP contribution in [0.3, 0.4) is 0 Å². The van der Waals surface area contributed by atoms with Crippen LogP contribution < -0.4 is 5.32 Å². The maximum absolute atomic E-state index is 13.6. The first-order valence-electron chi connectivity index (χ1n) is 9.44. The van der Waals surface area contributed by atoms with Gasteiger partial charge in [-0.3, -0.25) is 9.59 Å². The van der Waals surface area contributed by atoms with Crippen LogP contribution >= 0.6 is 0 Å². The number of Topliss-reactive ketones (excluding diaryl/α,β-unsaturated/α-hetero) is 2. The van der Waals surface area contributed by atoms with Crippen LogP contribution in [0.5, 0.6) is 0 Å². The second kappa shape index (κ2) is 6.60. The summed E-state index contributed by atoms with van der Waals surface area (Å²) in [6, 6.07) is 24.4. The van der Waals surface area contributed by atoms with Gasteiger partial charge >= 0.3 is 0 Å². The van der Waals surface area contributed by atoms with Gasteiger partial charge in [0.05, 0.1) is 11.3 Å². The fourth-order valence-corrected chi connectivity index (χ4v) is 3.96. The number of carbonyl (C=O) groups is 2. The molecule has 0 fully saturated rings. The normalized spacial score (nSPS) is 13.7. The van der Waals surface area contributed by atoms with Crippen molar-refractivity contribution in [2.75, 3.05) is 5.32 Å². The molecule has 0 aliphatic heterocycles. The molecule has 0 saturated carbocycles. The van der Waals surface area contributed by atoms with Gasteiger partial charge in [0.1, 0.15) is 0 Å². The molecule has 1 aliphatic carbocycles. The molecule has 4 heteroatoms. The zero-order valence-electron chi connectivity index (χ0n) is 15.8. The average molecular weight is 378 g/mol. The van der Waals surface area contributed by atoms with E-state index in [1.54, 1.807) is 24.3 Å². The molecule has 1 N–H and O–H groups in total. The summed E-state index contributed by atoms with van der Waals surface area (Å²) in [5.41, 5.74) is 4.13. The highest BCUT2D eigenvalue weighted by atomic mass is 16.1. The Morgan fingerprint density at radius 1 is 0.690 bits per heavy atom. The van der Waals surface area contributed by atoms with Gasteiger partial charge in [0, 0.05) is 46.5 Å². The summed E-state index contributed by atoms with van der Waals surface area (Å²) in [4.78, 5) is 27.0. The molecular formula is C25H18N2O2. The predicted octanol–water partition coefficient (Wildman–Crippen LogP) is 5.08. The maximum Gasteiger partial charge on any atom is 0.210 e. The molecule has 0 amide bonds. The number of ketones is 2. The van der Waals surface area contributed by atoms with Crippen molar-refractivity contribution >= 4 is 33.7 Å². The number of aromatic nitrogens is 1. The van der Waals surface area contributed by atoms with Gasteiger partial charge in [0.15, 0.2) is 5.78 Å². The molecule has 0 radical (unpaired) electrons. The molecule has 3 aromatic carbocycles. The fraction of sp³-hybridized carbons (Fsp3) is 0.0400. The topological polar surface area (TPSA) is 51.1 Å². The number of anilines is 1. The molecule has 5 rings (SSSR count). The van der Waals surface area contributed by atoms with Crippen molar-refractivity contribution in [3.8, 4) is 0 Å². The van der Waals surface area contributed by atoms with Crippen LogP contribution in [0.25, 0.3) is 16.5 Å². The number of carbonyl (C=O) groups excluding carboxylic acids is 2. The van der Waals surface area contributed by atoms with Crippen molar-refractivity contribution in [3.63, 3.8) is 0 Å². The summed E-state index contributed by atoms with van der Waals surface area (Å²) in [5.74, 6) is -0.318. The van der Waals surface area contributed by atoms with Crippen LogP contribution in [0.1, 0.15) is 26.3 Å². The minimum absolute atomic E-state index is 0.144. The standard InChI is InChI=1S/C25H18N2O2/c1-27-15-20(17-11-7-8-14-21(17)27)22-23(26-16-9-3-2-4-10-16)25(29)19-13-6-5-12-18(19)24(22)28/h2-15,26H,1H3. The van der Waals surface area contributed by atoms with E-state index in [2.05, 4.69) is 5.32 Å². The summed E-state index contributed by atoms with van der Waals surface area (Å²) >= 11 is 0. The lowest BCUT2D eigenvalue weighted by molar-refractivity contribution is 0.0993. The highest BCUT2D eigenvalue weighted by Crippen LogP contribution is 2.36. The van der Waals surface area contributed by atoms with E-state index in [1.165, 1.54) is 0 Å². The second-order valence-corrected chi connectivity index (χ2v) is 7.12. The first kappa shape index (κ1) is 17.2. The fourth-order valence-electron chi connectivity index (χ4n) is 3.96. The molecule has 1 aromatic heterocycles. The van der Waals surface area contributed by atoms with E-state index in [9.17, 15) is 9.59 Å². The zero-order chi connectivity index (χ0) is 20.0. The molecule has 1 aliphatic rings. The first-order chi connectivity index (χ1) is 14.1. The van der Waals surface area contributed by atoms with E-state index in [-0.39, 0.29) is 11.6 Å². The molecule has 0 unspecified atom stereocenters. The van der Waals surface area contributed by atoms with Crippen LogP contribution in [0, 0.1) is 0 Å². The number of fused-ring (bicyclic) bond motifs is 2. The van der Waals surface area contributed by atoms with Gasteiger partial charge in [-0.1, -0.05) is 60.7 Å². The van der Waals surface area contributed by atoms with Crippen molar-refractivity contribution in [1.29, 1.82) is 0 Å². The predicted molar refractivity (Wildman–Crippen MR) is 115 cm³/mol. The lowest BCUT2D eigenvalue weighted by atomic mass is 9.84. The number of hydrogen-bond acceptors (Lipinski definition) is 3. The number of hydrogen-bond donors (Lipinski definition) is 1. The SMILES string of the molecule is Cn1cc(C2=C(Nc3ccccc3)C(=O)c3ccccc3C2=O)c2ccccc21. The Morgan fingerprint density at radius 2 is 1.31 bits per heavy atom. The van der Waals surface area contributed by atoms with Gasteiger partial charge in [-0.15, -0.1) is 0 Å². The van der Waals surface area contributed by atoms with E-state index in [0.717, 1.165) is 22.2 Å². The van der Waals surface area contributed by atoms with Gasteiger partial charge in [-0.05, 0) is 18.2 Å². The van der Waals surface area contributed by atoms with Crippen LogP contribution in [0.2, 0.25) is 0 Å². The zero-order valence-corrected chi connectivity index (χ0v) is 15.8. The smallest absolute Gasteiger partial charge is 0.210 e. The van der Waals surface area contributed by atoms with Gasteiger partial charge in [-0.2, -0.15) is 0 Å². The first-order valence-corrected chi connectivity index (χ1v) is 9.44. The largest absolute Gasteiger partial charge is 0.352 e. The van der Waals surface area contributed by atoms with Crippen molar-refractivity contribution < 1.29 is 9.59 Å². The van der Waals surface area contributed by atoms with Gasteiger partial charge in [0.25, 0.3) is 0 Å². The molecular weight excluding hydrogens is 360 g/mol. The number of benzene rings is 3. The third kappa shape index (κ3) is 2.69. The Labute approximate surface area is 168 Å². The van der Waals surface area contributed by atoms with Crippen LogP contribution in [0.15, 0.2) is 90.8 Å². The Balaban J connectivity index is 1.80. The third-order valence-electron chi connectivity index (χ3n) is 5.33. The van der Waals surface area contributed by atoms with Gasteiger partial charge < -0.3 is 9.88 Å². The van der Waals surface area contributed by atoms with Crippen LogP contribution in [0.4, 0.5) is 5.69 Å². The molecule has 0 saturated heterocycles. The molecule has 0 spiro atoms. The number of rotatable bonds is 3. The Morgan fingerprint density at radius 3 is 2.07 bits per heavy atom. The summed E-state index contributed by atoms with van der Waals surface area (Å²) in [6.07, 6.45) is 1.92. The van der Waals surface area contributed by atoms with Gasteiger partial charge in [-0.25, -0.2) is 0 Å². The molecule has 0 atom stereocenters. The number of aryl methyl sites for hydroxylation is 1. The summed E-state index contributed by atoms with van der Waals surface area (Å²) < 4.78 is 1.98. The molecule has 4 nitrogen and oxygen atoms in total. The molecule has 29 heavy (non-hydrogen) atoms. The van der Waals surface area contributed by atoms with Crippen LogP contribution in [-0.2, 0) is 7.05 Å². The van der Waals surface area contributed by atoms with Crippen LogP contribution in [-0.4, -0.2) is 16.1 Å². The molecule has 0 bridgehead atoms. The summed E-state index contributed by atoms with van der Waals surface area (Å²) in [5, 5.41) is 4.17. The Hall–Kier alpha value is -3.92. The minimum atomic E-state index is -0.174. The highest BCUT2D eigenvalue weighted by molar-refractivity contribution is 6.42. The van der Waals surface area contributed by atoms with E-state index in [0.29, 0.717) is 22.4 Å². The Kier molecular flexibility index (Phi) is 3.91. The maximum atomic E-state index is 13.6. The van der Waals surface area contributed by atoms with Crippen molar-refractivity contribution in [3.05, 3.63) is 107 Å². The van der Waals surface area contributed by atoms with E-state index >= 15 is 0 Å². The quantitative estimate of drug-likeness (QED) is 0.541. The minimum Gasteiger partial charge on any atom is -0.352 e. The number of nitrogens with zero attached hydrogens (tertiary/aromatic N) is 1. The van der Waals surface area contributed by atoms with Crippen molar-refractivity contribution in [2.45, 2.75) is 0 Å². The van der Waals surface area contributed by atoms with E-state index in [1.807, 2.05) is 72.4 Å². The van der Waals surface area contributed by atoms with E-state index < -0.39 is 0 Å². The molecule has 4 aromatic rings. The monoisotopic (exact) mass is 378 g/mol. The van der Waals surface area contributed by atoms with Crippen molar-refractivity contribution in [2.24, 2.45) is 7.05 Å².